The number of fused-ring (bicyclic) bond motifs is 1. The number of benzene rings is 1. The predicted molar refractivity (Wildman–Crippen MR) is 114 cm³/mol. The van der Waals surface area contributed by atoms with Crippen molar-refractivity contribution in [2.24, 2.45) is 34.3 Å². The second kappa shape index (κ2) is 5.83. The lowest BCUT2D eigenvalue weighted by Crippen LogP contribution is -2.71. The summed E-state index contributed by atoms with van der Waals surface area (Å²) in [6.45, 7) is 4.16. The Bertz CT molecular complexity index is 1060. The Morgan fingerprint density at radius 1 is 1.13 bits per heavy atom. The van der Waals surface area contributed by atoms with Crippen molar-refractivity contribution >= 4 is 22.6 Å². The zero-order chi connectivity index (χ0) is 20.8. The lowest BCUT2D eigenvalue weighted by Gasteiger charge is -2.66. The number of likely N-dealkylation sites (tertiary alicyclic amines) is 1. The van der Waals surface area contributed by atoms with Gasteiger partial charge in [0.15, 0.2) is 0 Å². The van der Waals surface area contributed by atoms with Gasteiger partial charge in [0.25, 0.3) is 0 Å². The molecule has 1 saturated heterocycles. The summed E-state index contributed by atoms with van der Waals surface area (Å²) >= 11 is 0. The molecule has 1 aromatic carbocycles. The average molecular weight is 404 g/mol. The molecular weight excluding hydrogens is 374 g/mol. The van der Waals surface area contributed by atoms with Crippen LogP contribution in [0.15, 0.2) is 36.7 Å². The van der Waals surface area contributed by atoms with Crippen LogP contribution in [0, 0.1) is 28.6 Å². The maximum atomic E-state index is 13.5. The van der Waals surface area contributed by atoms with Gasteiger partial charge < -0.3 is 10.6 Å². The molecule has 5 aliphatic rings. The number of rotatable bonds is 3. The highest BCUT2D eigenvalue weighted by atomic mass is 16.2. The largest absolute Gasteiger partial charge is 0.369 e. The third kappa shape index (κ3) is 2.21. The Morgan fingerprint density at radius 2 is 1.87 bits per heavy atom. The predicted octanol–water partition coefficient (Wildman–Crippen LogP) is 3.82. The van der Waals surface area contributed by atoms with Gasteiger partial charge in [-0.15, -0.1) is 0 Å². The maximum absolute atomic E-state index is 13.5. The van der Waals surface area contributed by atoms with Crippen LogP contribution in [0.3, 0.4) is 0 Å². The quantitative estimate of drug-likeness (QED) is 0.792. The van der Waals surface area contributed by atoms with E-state index in [0.717, 1.165) is 37.5 Å². The summed E-state index contributed by atoms with van der Waals surface area (Å²) in [6.07, 6.45) is 8.67. The molecule has 4 saturated carbocycles. The first-order valence-corrected chi connectivity index (χ1v) is 11.3. The zero-order valence-electron chi connectivity index (χ0n) is 17.7. The molecule has 1 aromatic heterocycles. The van der Waals surface area contributed by atoms with Crippen LogP contribution in [0.2, 0.25) is 0 Å². The first kappa shape index (κ1) is 18.3. The molecule has 2 amide bonds. The molecule has 4 bridgehead atoms. The summed E-state index contributed by atoms with van der Waals surface area (Å²) in [7, 11) is 0. The molecule has 2 aromatic rings. The van der Waals surface area contributed by atoms with E-state index in [4.69, 9.17) is 5.73 Å². The summed E-state index contributed by atoms with van der Waals surface area (Å²) in [4.78, 5) is 32.3. The van der Waals surface area contributed by atoms with Crippen molar-refractivity contribution in [3.8, 4) is 0 Å². The summed E-state index contributed by atoms with van der Waals surface area (Å²) in [6, 6.07) is 8.70. The van der Waals surface area contributed by atoms with Gasteiger partial charge >= 0.3 is 0 Å². The number of carbonyl (C=O) groups is 2. The standard InChI is InChI=1S/C25H29N3O2/c1-24(2)21(19-5-3-4-15-13-27-7-6-18(15)19)28(23(24)30)20-16-8-14-9-17(20)12-25(10-14,11-16)22(26)29/h3-7,13-14,16-17,20-21H,8-12H2,1-2H3,(H2,26,29)/t14?,16?,17?,20-,21?,25-. The van der Waals surface area contributed by atoms with E-state index in [2.05, 4.69) is 48.0 Å². The van der Waals surface area contributed by atoms with Crippen molar-refractivity contribution in [1.29, 1.82) is 0 Å². The Hall–Kier alpha value is -2.43. The Labute approximate surface area is 177 Å². The molecule has 5 fully saturated rings. The van der Waals surface area contributed by atoms with Crippen LogP contribution in [0.25, 0.3) is 10.8 Å². The SMILES string of the molecule is CC1(C)C(=O)N([C@H]2C3CC4CC2C[C@](C(N)=O)(C4)C3)C1c1cccc2cnccc12. The van der Waals surface area contributed by atoms with E-state index in [0.29, 0.717) is 17.8 Å². The van der Waals surface area contributed by atoms with Gasteiger partial charge in [0.2, 0.25) is 11.8 Å². The van der Waals surface area contributed by atoms with Crippen LogP contribution < -0.4 is 5.73 Å². The number of nitrogens with two attached hydrogens (primary N) is 1. The average Bonchev–Trinajstić information content (AvgIpc) is 2.71. The maximum Gasteiger partial charge on any atom is 0.231 e. The van der Waals surface area contributed by atoms with Crippen LogP contribution in [0.1, 0.15) is 57.6 Å². The molecule has 3 atom stereocenters. The minimum Gasteiger partial charge on any atom is -0.369 e. The fourth-order valence-corrected chi connectivity index (χ4v) is 7.83. The van der Waals surface area contributed by atoms with Crippen LogP contribution in [-0.2, 0) is 9.59 Å². The second-order valence-corrected chi connectivity index (χ2v) is 10.9. The first-order chi connectivity index (χ1) is 14.3. The van der Waals surface area contributed by atoms with Crippen LogP contribution >= 0.6 is 0 Å². The van der Waals surface area contributed by atoms with Crippen molar-refractivity contribution in [3.63, 3.8) is 0 Å². The Kier molecular flexibility index (Phi) is 3.57. The minimum atomic E-state index is -0.423. The van der Waals surface area contributed by atoms with E-state index in [-0.39, 0.29) is 29.3 Å². The van der Waals surface area contributed by atoms with Gasteiger partial charge in [0.1, 0.15) is 0 Å². The number of aromatic nitrogens is 1. The van der Waals surface area contributed by atoms with Crippen LogP contribution in [0.4, 0.5) is 0 Å². The lowest BCUT2D eigenvalue weighted by atomic mass is 9.46. The molecule has 7 rings (SSSR count). The summed E-state index contributed by atoms with van der Waals surface area (Å²) < 4.78 is 0. The van der Waals surface area contributed by atoms with Gasteiger partial charge in [0.05, 0.1) is 11.5 Å². The number of carbonyl (C=O) groups excluding carboxylic acids is 2. The highest BCUT2D eigenvalue weighted by Gasteiger charge is 2.65. The summed E-state index contributed by atoms with van der Waals surface area (Å²) in [5.74, 6) is 1.52. The molecule has 1 aliphatic heterocycles. The number of pyridine rings is 1. The molecule has 2 heterocycles. The summed E-state index contributed by atoms with van der Waals surface area (Å²) in [5, 5.41) is 2.29. The first-order valence-electron chi connectivity index (χ1n) is 11.3. The molecule has 5 nitrogen and oxygen atoms in total. The van der Waals surface area contributed by atoms with E-state index in [1.807, 2.05) is 12.4 Å². The fourth-order valence-electron chi connectivity index (χ4n) is 7.83. The Balaban J connectivity index is 1.42. The van der Waals surface area contributed by atoms with Crippen LogP contribution in [0.5, 0.6) is 0 Å². The fraction of sp³-hybridized carbons (Fsp3) is 0.560. The topological polar surface area (TPSA) is 76.3 Å². The van der Waals surface area contributed by atoms with Gasteiger partial charge in [-0.3, -0.25) is 14.6 Å². The van der Waals surface area contributed by atoms with Crippen molar-refractivity contribution in [3.05, 3.63) is 42.2 Å². The third-order valence-electron chi connectivity index (χ3n) is 8.82. The number of primary amides is 1. The zero-order valence-corrected chi connectivity index (χ0v) is 17.7. The molecule has 0 radical (unpaired) electrons. The minimum absolute atomic E-state index is 0.0585. The van der Waals surface area contributed by atoms with Crippen molar-refractivity contribution in [1.82, 2.24) is 9.88 Å². The number of hydrogen-bond donors (Lipinski definition) is 1. The smallest absolute Gasteiger partial charge is 0.231 e. The van der Waals surface area contributed by atoms with Gasteiger partial charge in [-0.25, -0.2) is 0 Å². The number of β-lactam (4-membered cyclic amide) rings is 1. The molecule has 3 unspecified atom stereocenters. The van der Waals surface area contributed by atoms with E-state index in [1.165, 1.54) is 10.9 Å². The molecule has 5 heteroatoms. The molecule has 30 heavy (non-hydrogen) atoms. The second-order valence-electron chi connectivity index (χ2n) is 10.9. The molecule has 0 spiro atoms. The normalized spacial score (nSPS) is 38.7. The van der Waals surface area contributed by atoms with E-state index < -0.39 is 5.41 Å². The van der Waals surface area contributed by atoms with E-state index >= 15 is 0 Å². The molecular formula is C25H29N3O2. The van der Waals surface area contributed by atoms with E-state index in [9.17, 15) is 9.59 Å². The van der Waals surface area contributed by atoms with Crippen molar-refractivity contribution < 1.29 is 9.59 Å². The van der Waals surface area contributed by atoms with Gasteiger partial charge in [-0.1, -0.05) is 18.2 Å². The number of amides is 2. The molecule has 156 valence electrons. The van der Waals surface area contributed by atoms with Crippen molar-refractivity contribution in [2.75, 3.05) is 0 Å². The van der Waals surface area contributed by atoms with Gasteiger partial charge in [0, 0.05) is 29.2 Å². The highest BCUT2D eigenvalue weighted by molar-refractivity contribution is 5.94. The Morgan fingerprint density at radius 3 is 2.57 bits per heavy atom. The number of hydrogen-bond acceptors (Lipinski definition) is 3. The van der Waals surface area contributed by atoms with E-state index in [1.54, 1.807) is 0 Å². The number of nitrogens with zero attached hydrogens (tertiary/aromatic N) is 2. The molecule has 2 N–H and O–H groups in total. The molecule has 4 aliphatic carbocycles. The highest BCUT2D eigenvalue weighted by Crippen LogP contribution is 2.64. The van der Waals surface area contributed by atoms with Gasteiger partial charge in [-0.2, -0.15) is 0 Å². The van der Waals surface area contributed by atoms with Crippen molar-refractivity contribution in [2.45, 2.75) is 58.0 Å². The van der Waals surface area contributed by atoms with Gasteiger partial charge in [-0.05, 0) is 80.7 Å². The lowest BCUT2D eigenvalue weighted by molar-refractivity contribution is -0.198. The summed E-state index contributed by atoms with van der Waals surface area (Å²) in [5.41, 5.74) is 6.36. The van der Waals surface area contributed by atoms with Crippen LogP contribution in [-0.4, -0.2) is 27.7 Å². The monoisotopic (exact) mass is 403 g/mol. The third-order valence-corrected chi connectivity index (χ3v) is 8.82.